The summed E-state index contributed by atoms with van der Waals surface area (Å²) in [6.07, 6.45) is -17.5. The summed E-state index contributed by atoms with van der Waals surface area (Å²) >= 11 is 0. The Kier molecular flexibility index (Phi) is 4.48. The normalized spacial score (nSPS) is 26.9. The van der Waals surface area contributed by atoms with Crippen LogP contribution in [0.4, 0.5) is 39.5 Å². The Morgan fingerprint density at radius 2 is 1.12 bits per heavy atom. The van der Waals surface area contributed by atoms with Crippen LogP contribution in [-0.2, 0) is 24.8 Å². The van der Waals surface area contributed by atoms with Gasteiger partial charge < -0.3 is 0 Å². The van der Waals surface area contributed by atoms with Crippen molar-refractivity contribution in [3.05, 3.63) is 59.7 Å². The van der Waals surface area contributed by atoms with Crippen molar-refractivity contribution < 1.29 is 53.1 Å². The molecule has 0 saturated heterocycles. The molecule has 1 spiro atoms. The van der Waals surface area contributed by atoms with Crippen LogP contribution >= 0.6 is 7.28 Å². The zero-order valence-electron chi connectivity index (χ0n) is 16.2. The number of hydrogen-bond acceptors (Lipinski definition) is 3. The quantitative estimate of drug-likeness (QED) is 0.376. The SMILES string of the molecule is COP12(OC(C(F)(F)F)(C(F)(F)F)c3ccccc31)O[C@](C)(C(F)(F)F)c1ccccc12. The molecule has 0 radical (unpaired) electrons. The molecule has 176 valence electrons. The summed E-state index contributed by atoms with van der Waals surface area (Å²) in [5.74, 6) is 0. The van der Waals surface area contributed by atoms with Crippen molar-refractivity contribution in [3.63, 3.8) is 0 Å². The first-order valence-corrected chi connectivity index (χ1v) is 10.9. The number of rotatable bonds is 1. The Balaban J connectivity index is 2.21. The molecule has 13 heteroatoms. The molecule has 0 fully saturated rings. The third-order valence-corrected chi connectivity index (χ3v) is 10.3. The number of alkyl halides is 9. The minimum absolute atomic E-state index is 0.506. The van der Waals surface area contributed by atoms with E-state index in [0.717, 1.165) is 42.5 Å². The van der Waals surface area contributed by atoms with Gasteiger partial charge in [-0.05, 0) is 0 Å². The van der Waals surface area contributed by atoms with E-state index in [1.807, 2.05) is 0 Å². The molecule has 0 unspecified atom stereocenters. The summed E-state index contributed by atoms with van der Waals surface area (Å²) in [6.45, 7) is 0.513. The number of fused-ring (bicyclic) bond motifs is 4. The second-order valence-corrected chi connectivity index (χ2v) is 11.0. The van der Waals surface area contributed by atoms with Gasteiger partial charge in [-0.1, -0.05) is 0 Å². The van der Waals surface area contributed by atoms with Crippen LogP contribution in [0.15, 0.2) is 48.5 Å². The molecular weight excluding hydrogens is 478 g/mol. The molecule has 2 aliphatic heterocycles. The third kappa shape index (κ3) is 2.39. The van der Waals surface area contributed by atoms with Crippen LogP contribution in [0.25, 0.3) is 0 Å². The maximum atomic E-state index is 14.2. The van der Waals surface area contributed by atoms with Gasteiger partial charge in [-0.3, -0.25) is 0 Å². The summed E-state index contributed by atoms with van der Waals surface area (Å²) in [5, 5.41) is -1.51. The van der Waals surface area contributed by atoms with Crippen LogP contribution in [0, 0.1) is 0 Å². The van der Waals surface area contributed by atoms with Crippen LogP contribution in [0.3, 0.4) is 0 Å². The summed E-state index contributed by atoms with van der Waals surface area (Å²) in [6, 6.07) is 7.46. The summed E-state index contributed by atoms with van der Waals surface area (Å²) in [7, 11) is -5.44. The fourth-order valence-electron chi connectivity index (χ4n) is 4.39. The molecule has 0 saturated carbocycles. The summed E-state index contributed by atoms with van der Waals surface area (Å²) in [4.78, 5) is 0. The van der Waals surface area contributed by atoms with E-state index in [0.29, 0.717) is 20.1 Å². The van der Waals surface area contributed by atoms with Gasteiger partial charge in [-0.2, -0.15) is 0 Å². The average molecular weight is 492 g/mol. The second kappa shape index (κ2) is 6.16. The molecule has 2 aromatic rings. The van der Waals surface area contributed by atoms with Gasteiger partial charge >= 0.3 is 174 Å². The molecule has 0 amide bonds. The zero-order chi connectivity index (χ0) is 24.0. The molecular formula is C19H14F9O3P. The number of halogens is 9. The number of hydrogen-bond donors (Lipinski definition) is 0. The van der Waals surface area contributed by atoms with Gasteiger partial charge in [0, 0.05) is 0 Å². The summed E-state index contributed by atoms with van der Waals surface area (Å²) in [5.41, 5.74) is -10.4. The van der Waals surface area contributed by atoms with Gasteiger partial charge in [0.15, 0.2) is 0 Å². The monoisotopic (exact) mass is 492 g/mol. The third-order valence-electron chi connectivity index (χ3n) is 5.85. The van der Waals surface area contributed by atoms with E-state index in [1.54, 1.807) is 0 Å². The van der Waals surface area contributed by atoms with Crippen molar-refractivity contribution in [2.45, 2.75) is 36.7 Å². The Morgan fingerprint density at radius 3 is 1.56 bits per heavy atom. The van der Waals surface area contributed by atoms with Crippen LogP contribution in [0.1, 0.15) is 18.1 Å². The predicted molar refractivity (Wildman–Crippen MR) is 95.4 cm³/mol. The van der Waals surface area contributed by atoms with Crippen LogP contribution in [0.2, 0.25) is 0 Å². The van der Waals surface area contributed by atoms with Crippen LogP contribution in [0.5, 0.6) is 0 Å². The topological polar surface area (TPSA) is 27.7 Å². The van der Waals surface area contributed by atoms with Crippen molar-refractivity contribution in [1.82, 2.24) is 0 Å². The number of benzene rings is 2. The maximum absolute atomic E-state index is 14.2. The van der Waals surface area contributed by atoms with E-state index in [4.69, 9.17) is 13.6 Å². The van der Waals surface area contributed by atoms with E-state index in [-0.39, 0.29) is 0 Å². The second-order valence-electron chi connectivity index (χ2n) is 7.49. The van der Waals surface area contributed by atoms with Gasteiger partial charge in [-0.25, -0.2) is 0 Å². The standard InChI is InChI=1S/C19H14F9O3P/c1-15(17(20,21)22)11-7-3-5-9-13(11)32(29-2,30-15)14-10-6-4-8-12(14)16(31-32,18(23,24)25)19(26,27)28/h3-10H,1-2H3/t15-/m0/s1. The van der Waals surface area contributed by atoms with E-state index >= 15 is 0 Å². The minimum atomic E-state index is -6.12. The molecule has 2 aromatic carbocycles. The molecule has 1 atom stereocenters. The van der Waals surface area contributed by atoms with E-state index in [2.05, 4.69) is 0 Å². The first-order valence-electron chi connectivity index (χ1n) is 8.92. The van der Waals surface area contributed by atoms with Crippen LogP contribution < -0.4 is 10.6 Å². The fourth-order valence-corrected chi connectivity index (χ4v) is 9.33. The van der Waals surface area contributed by atoms with Crippen molar-refractivity contribution >= 4 is 17.9 Å². The Labute approximate surface area is 175 Å². The Hall–Kier alpha value is -1.88. The van der Waals surface area contributed by atoms with Gasteiger partial charge in [0.2, 0.25) is 0 Å². The Morgan fingerprint density at radius 1 is 0.688 bits per heavy atom. The first-order chi connectivity index (χ1) is 14.5. The molecule has 2 aliphatic rings. The molecule has 0 N–H and O–H groups in total. The van der Waals surface area contributed by atoms with Crippen molar-refractivity contribution in [2.24, 2.45) is 0 Å². The van der Waals surface area contributed by atoms with Crippen molar-refractivity contribution in [2.75, 3.05) is 7.11 Å². The van der Waals surface area contributed by atoms with Gasteiger partial charge in [0.1, 0.15) is 0 Å². The Bertz CT molecular complexity index is 1080. The zero-order valence-corrected chi connectivity index (χ0v) is 17.1. The van der Waals surface area contributed by atoms with Gasteiger partial charge in [-0.15, -0.1) is 0 Å². The van der Waals surface area contributed by atoms with Crippen molar-refractivity contribution in [1.29, 1.82) is 0 Å². The molecule has 0 aliphatic carbocycles. The molecule has 32 heavy (non-hydrogen) atoms. The predicted octanol–water partition coefficient (Wildman–Crippen LogP) is 5.74. The summed E-state index contributed by atoms with van der Waals surface area (Å²) < 4.78 is 143. The van der Waals surface area contributed by atoms with Crippen molar-refractivity contribution in [3.8, 4) is 0 Å². The molecule has 0 aromatic heterocycles. The van der Waals surface area contributed by atoms with E-state index < -0.39 is 58.8 Å². The van der Waals surface area contributed by atoms with Gasteiger partial charge in [0.05, 0.1) is 0 Å². The average Bonchev–Trinajstić information content (AvgIpc) is 3.10. The van der Waals surface area contributed by atoms with E-state index in [1.165, 1.54) is 0 Å². The molecule has 2 heterocycles. The van der Waals surface area contributed by atoms with Crippen LogP contribution in [-0.4, -0.2) is 25.6 Å². The van der Waals surface area contributed by atoms with E-state index in [9.17, 15) is 39.5 Å². The fraction of sp³-hybridized carbons (Fsp3) is 0.368. The first kappa shape index (κ1) is 23.3. The van der Waals surface area contributed by atoms with Gasteiger partial charge in [0.25, 0.3) is 0 Å². The molecule has 0 bridgehead atoms. The molecule has 4 rings (SSSR count). The molecule has 3 nitrogen and oxygen atoms in total.